The summed E-state index contributed by atoms with van der Waals surface area (Å²) in [4.78, 5) is 35.4. The quantitative estimate of drug-likeness (QED) is 0.524. The molecule has 1 unspecified atom stereocenters. The molecular formula is C21H20O7. The van der Waals surface area contributed by atoms with Crippen molar-refractivity contribution in [3.05, 3.63) is 77.9 Å². The number of para-hydroxylation sites is 1. The zero-order valence-corrected chi connectivity index (χ0v) is 15.3. The fraction of sp³-hybridized carbons (Fsp3) is 0.190. The molecule has 0 aliphatic rings. The zero-order valence-electron chi connectivity index (χ0n) is 15.3. The van der Waals surface area contributed by atoms with E-state index in [1.165, 1.54) is 31.2 Å². The maximum absolute atomic E-state index is 12.5. The molecule has 146 valence electrons. The molecule has 0 amide bonds. The Bertz CT molecular complexity index is 858. The predicted molar refractivity (Wildman–Crippen MR) is 100 cm³/mol. The molecule has 0 aliphatic heterocycles. The molecule has 0 aromatic heterocycles. The van der Waals surface area contributed by atoms with Gasteiger partial charge in [0.15, 0.2) is 6.10 Å². The van der Waals surface area contributed by atoms with E-state index in [2.05, 4.69) is 6.58 Å². The number of benzene rings is 2. The van der Waals surface area contributed by atoms with E-state index in [0.717, 1.165) is 0 Å². The van der Waals surface area contributed by atoms with E-state index in [-0.39, 0.29) is 29.9 Å². The van der Waals surface area contributed by atoms with Crippen LogP contribution in [0.5, 0.6) is 5.75 Å². The normalized spacial score (nSPS) is 11.2. The van der Waals surface area contributed by atoms with Gasteiger partial charge in [0.2, 0.25) is 0 Å². The number of rotatable bonds is 9. The highest BCUT2D eigenvalue weighted by Gasteiger charge is 2.23. The Morgan fingerprint density at radius 1 is 0.964 bits per heavy atom. The van der Waals surface area contributed by atoms with E-state index >= 15 is 0 Å². The summed E-state index contributed by atoms with van der Waals surface area (Å²) in [6.07, 6.45) is -0.946. The lowest BCUT2D eigenvalue weighted by Gasteiger charge is -2.19. The van der Waals surface area contributed by atoms with Crippen LogP contribution < -0.4 is 4.74 Å². The number of hydrogen-bond acceptors (Lipinski definition) is 6. The topological polar surface area (TPSA) is 99.1 Å². The summed E-state index contributed by atoms with van der Waals surface area (Å²) in [5.41, 5.74) is -0.0922. The summed E-state index contributed by atoms with van der Waals surface area (Å²) in [7, 11) is 0. The van der Waals surface area contributed by atoms with E-state index in [4.69, 9.17) is 14.2 Å². The van der Waals surface area contributed by atoms with Crippen molar-refractivity contribution in [2.24, 2.45) is 0 Å². The van der Waals surface area contributed by atoms with Crippen molar-refractivity contribution in [2.45, 2.75) is 13.0 Å². The van der Waals surface area contributed by atoms with Gasteiger partial charge < -0.3 is 19.3 Å². The molecule has 2 rings (SSSR count). The molecule has 0 bridgehead atoms. The summed E-state index contributed by atoms with van der Waals surface area (Å²) >= 11 is 0. The second kappa shape index (κ2) is 9.91. The van der Waals surface area contributed by atoms with Crippen molar-refractivity contribution in [3.63, 3.8) is 0 Å². The summed E-state index contributed by atoms with van der Waals surface area (Å²) in [5.74, 6) is -2.20. The van der Waals surface area contributed by atoms with Gasteiger partial charge in [0.1, 0.15) is 19.0 Å². The summed E-state index contributed by atoms with van der Waals surface area (Å²) < 4.78 is 16.0. The molecule has 0 spiro atoms. The van der Waals surface area contributed by atoms with E-state index in [1.807, 2.05) is 6.07 Å². The van der Waals surface area contributed by atoms with Gasteiger partial charge >= 0.3 is 17.9 Å². The summed E-state index contributed by atoms with van der Waals surface area (Å²) in [6.45, 7) is 4.63. The fourth-order valence-electron chi connectivity index (χ4n) is 2.18. The van der Waals surface area contributed by atoms with Gasteiger partial charge in [-0.25, -0.2) is 14.4 Å². The van der Waals surface area contributed by atoms with Crippen LogP contribution in [0.3, 0.4) is 0 Å². The third-order valence-electron chi connectivity index (χ3n) is 3.58. The van der Waals surface area contributed by atoms with Gasteiger partial charge in [0, 0.05) is 5.57 Å². The number of ether oxygens (including phenoxy) is 3. The minimum Gasteiger partial charge on any atom is -0.490 e. The van der Waals surface area contributed by atoms with Crippen molar-refractivity contribution >= 4 is 17.9 Å². The molecule has 0 fully saturated rings. The third-order valence-corrected chi connectivity index (χ3v) is 3.58. The molecule has 0 saturated carbocycles. The van der Waals surface area contributed by atoms with Crippen LogP contribution in [0.2, 0.25) is 0 Å². The van der Waals surface area contributed by atoms with Crippen molar-refractivity contribution in [1.82, 2.24) is 0 Å². The van der Waals surface area contributed by atoms with Crippen molar-refractivity contribution in [2.75, 3.05) is 13.2 Å². The van der Waals surface area contributed by atoms with Gasteiger partial charge in [0.25, 0.3) is 0 Å². The molecule has 0 radical (unpaired) electrons. The van der Waals surface area contributed by atoms with Crippen LogP contribution in [-0.2, 0) is 14.3 Å². The average molecular weight is 384 g/mol. The highest BCUT2D eigenvalue weighted by Crippen LogP contribution is 2.14. The van der Waals surface area contributed by atoms with Crippen LogP contribution in [-0.4, -0.2) is 42.3 Å². The molecule has 28 heavy (non-hydrogen) atoms. The highest BCUT2D eigenvalue weighted by molar-refractivity contribution is 6.02. The maximum atomic E-state index is 12.5. The first kappa shape index (κ1) is 20.7. The monoisotopic (exact) mass is 384 g/mol. The molecule has 2 aromatic carbocycles. The molecule has 2 aromatic rings. The van der Waals surface area contributed by atoms with Crippen molar-refractivity contribution in [1.29, 1.82) is 0 Å². The Morgan fingerprint density at radius 3 is 2.18 bits per heavy atom. The van der Waals surface area contributed by atoms with E-state index in [9.17, 15) is 19.5 Å². The van der Waals surface area contributed by atoms with Crippen LogP contribution in [0, 0.1) is 0 Å². The number of carbonyl (C=O) groups is 3. The number of aromatic carboxylic acids is 1. The third kappa shape index (κ3) is 5.98. The number of carboxylic acid groups (broad SMARTS) is 1. The van der Waals surface area contributed by atoms with Gasteiger partial charge in [-0.2, -0.15) is 0 Å². The largest absolute Gasteiger partial charge is 0.490 e. The van der Waals surface area contributed by atoms with Crippen LogP contribution >= 0.6 is 0 Å². The minimum absolute atomic E-state index is 0.0888. The molecule has 0 heterocycles. The fourth-order valence-corrected chi connectivity index (χ4v) is 2.18. The Hall–Kier alpha value is -3.61. The van der Waals surface area contributed by atoms with E-state index in [1.54, 1.807) is 24.3 Å². The van der Waals surface area contributed by atoms with Crippen LogP contribution in [0.4, 0.5) is 0 Å². The molecular weight excluding hydrogens is 364 g/mol. The highest BCUT2D eigenvalue weighted by atomic mass is 16.6. The SMILES string of the molecule is C=C(C)C(=O)OCC(COc1ccccc1)OC(=O)c1ccccc1C(=O)O. The molecule has 1 N–H and O–H groups in total. The lowest BCUT2D eigenvalue weighted by atomic mass is 10.1. The van der Waals surface area contributed by atoms with Crippen LogP contribution in [0.15, 0.2) is 66.7 Å². The van der Waals surface area contributed by atoms with Gasteiger partial charge in [0.05, 0.1) is 11.1 Å². The standard InChI is InChI=1S/C21H20O7/c1-14(2)20(24)27-13-16(12-26-15-8-4-3-5-9-15)28-21(25)18-11-7-6-10-17(18)19(22)23/h3-11,16H,1,12-13H2,2H3,(H,22,23). The van der Waals surface area contributed by atoms with E-state index < -0.39 is 24.0 Å². The Morgan fingerprint density at radius 2 is 1.57 bits per heavy atom. The first-order chi connectivity index (χ1) is 13.4. The number of carbonyl (C=O) groups excluding carboxylic acids is 2. The van der Waals surface area contributed by atoms with Gasteiger partial charge in [-0.15, -0.1) is 0 Å². The molecule has 7 heteroatoms. The smallest absolute Gasteiger partial charge is 0.339 e. The van der Waals surface area contributed by atoms with Crippen molar-refractivity contribution in [3.8, 4) is 5.75 Å². The van der Waals surface area contributed by atoms with Crippen molar-refractivity contribution < 1.29 is 33.7 Å². The Kier molecular flexibility index (Phi) is 7.33. The Balaban J connectivity index is 2.11. The molecule has 1 atom stereocenters. The lowest BCUT2D eigenvalue weighted by Crippen LogP contribution is -2.31. The second-order valence-electron chi connectivity index (χ2n) is 5.88. The maximum Gasteiger partial charge on any atom is 0.339 e. The summed E-state index contributed by atoms with van der Waals surface area (Å²) in [6, 6.07) is 14.5. The number of carboxylic acids is 1. The summed E-state index contributed by atoms with van der Waals surface area (Å²) in [5, 5.41) is 9.23. The average Bonchev–Trinajstić information content (AvgIpc) is 2.70. The number of hydrogen-bond donors (Lipinski definition) is 1. The minimum atomic E-state index is -1.25. The van der Waals surface area contributed by atoms with Gasteiger partial charge in [-0.1, -0.05) is 36.9 Å². The van der Waals surface area contributed by atoms with Crippen LogP contribution in [0.25, 0.3) is 0 Å². The predicted octanol–water partition coefficient (Wildman–Crippen LogP) is 3.11. The molecule has 7 nitrogen and oxygen atoms in total. The first-order valence-electron chi connectivity index (χ1n) is 8.42. The second-order valence-corrected chi connectivity index (χ2v) is 5.88. The lowest BCUT2D eigenvalue weighted by molar-refractivity contribution is -0.142. The Labute approximate surface area is 162 Å². The molecule has 0 aliphatic carbocycles. The molecule has 0 saturated heterocycles. The first-order valence-corrected chi connectivity index (χ1v) is 8.42. The number of esters is 2. The van der Waals surface area contributed by atoms with Gasteiger partial charge in [-0.05, 0) is 31.2 Å². The van der Waals surface area contributed by atoms with Crippen LogP contribution in [0.1, 0.15) is 27.6 Å². The van der Waals surface area contributed by atoms with Gasteiger partial charge in [-0.3, -0.25) is 0 Å². The zero-order chi connectivity index (χ0) is 20.5. The van der Waals surface area contributed by atoms with E-state index in [0.29, 0.717) is 5.75 Å².